The largest absolute Gasteiger partial charge is 0.496 e. The number of ether oxygens (including phenoxy) is 1. The molecule has 0 heterocycles. The molecular weight excluding hydrogens is 257 g/mol. The quantitative estimate of drug-likeness (QED) is 0.672. The van der Waals surface area contributed by atoms with Crippen LogP contribution in [0.3, 0.4) is 0 Å². The van der Waals surface area contributed by atoms with Gasteiger partial charge < -0.3 is 10.5 Å². The van der Waals surface area contributed by atoms with Crippen molar-refractivity contribution in [3.63, 3.8) is 0 Å². The molecule has 2 aromatic carbocycles. The molecule has 0 aromatic heterocycles. The first-order valence-corrected chi connectivity index (χ1v) is 6.31. The zero-order chi connectivity index (χ0) is 14.5. The third-order valence-electron chi connectivity index (χ3n) is 3.05. The summed E-state index contributed by atoms with van der Waals surface area (Å²) < 4.78 is 18.3. The van der Waals surface area contributed by atoms with Gasteiger partial charge in [0.05, 0.1) is 12.7 Å². The minimum Gasteiger partial charge on any atom is -0.496 e. The Hall–Kier alpha value is -2.36. The summed E-state index contributed by atoms with van der Waals surface area (Å²) in [6, 6.07) is 11.3. The zero-order valence-electron chi connectivity index (χ0n) is 11.2. The van der Waals surface area contributed by atoms with Crippen LogP contribution >= 0.6 is 0 Å². The second-order valence-electron chi connectivity index (χ2n) is 4.51. The van der Waals surface area contributed by atoms with E-state index >= 15 is 0 Å². The molecule has 0 aliphatic carbocycles. The number of rotatable bonds is 5. The summed E-state index contributed by atoms with van der Waals surface area (Å²) >= 11 is 0. The summed E-state index contributed by atoms with van der Waals surface area (Å²) in [5.74, 6) is -0.203. The molecule has 3 nitrogen and oxygen atoms in total. The Kier molecular flexibility index (Phi) is 4.35. The van der Waals surface area contributed by atoms with Crippen molar-refractivity contribution in [3.05, 3.63) is 59.4 Å². The molecule has 0 atom stereocenters. The maximum atomic E-state index is 13.2. The van der Waals surface area contributed by atoms with Crippen molar-refractivity contribution < 1.29 is 13.9 Å². The first-order chi connectivity index (χ1) is 9.60. The van der Waals surface area contributed by atoms with E-state index < -0.39 is 5.82 Å². The van der Waals surface area contributed by atoms with Crippen molar-refractivity contribution in [1.29, 1.82) is 0 Å². The first-order valence-electron chi connectivity index (χ1n) is 6.31. The lowest BCUT2D eigenvalue weighted by Gasteiger charge is -2.08. The normalized spacial score (nSPS) is 10.3. The number of methoxy groups -OCH3 is 1. The van der Waals surface area contributed by atoms with Gasteiger partial charge in [0.1, 0.15) is 11.6 Å². The number of nitrogen functional groups attached to an aromatic ring is 1. The molecule has 2 rings (SSSR count). The number of ketones is 1. The summed E-state index contributed by atoms with van der Waals surface area (Å²) in [5, 5.41) is 0. The van der Waals surface area contributed by atoms with Crippen LogP contribution in [-0.4, -0.2) is 12.9 Å². The number of halogens is 1. The molecule has 0 aliphatic heterocycles. The number of hydrogen-bond acceptors (Lipinski definition) is 3. The molecule has 0 aliphatic rings. The van der Waals surface area contributed by atoms with Crippen LogP contribution in [0.25, 0.3) is 0 Å². The van der Waals surface area contributed by atoms with E-state index in [0.29, 0.717) is 17.9 Å². The summed E-state index contributed by atoms with van der Waals surface area (Å²) in [6.45, 7) is 0. The van der Waals surface area contributed by atoms with Crippen LogP contribution in [0.2, 0.25) is 0 Å². The van der Waals surface area contributed by atoms with E-state index in [2.05, 4.69) is 0 Å². The first kappa shape index (κ1) is 14.1. The SMILES string of the molecule is COc1ccc(F)cc1C(=O)CCc1cccc(N)c1. The highest BCUT2D eigenvalue weighted by Crippen LogP contribution is 2.21. The minimum atomic E-state index is -0.446. The van der Waals surface area contributed by atoms with E-state index in [1.165, 1.54) is 25.3 Å². The topological polar surface area (TPSA) is 52.3 Å². The van der Waals surface area contributed by atoms with Crippen molar-refractivity contribution in [1.82, 2.24) is 0 Å². The molecule has 0 saturated carbocycles. The average Bonchev–Trinajstić information content (AvgIpc) is 2.45. The Morgan fingerprint density at radius 2 is 2.05 bits per heavy atom. The van der Waals surface area contributed by atoms with E-state index in [0.717, 1.165) is 5.56 Å². The Labute approximate surface area is 117 Å². The fourth-order valence-corrected chi connectivity index (χ4v) is 2.04. The lowest BCUT2D eigenvalue weighted by atomic mass is 10.0. The molecular formula is C16H16FNO2. The maximum Gasteiger partial charge on any atom is 0.167 e. The fourth-order valence-electron chi connectivity index (χ4n) is 2.04. The van der Waals surface area contributed by atoms with Gasteiger partial charge in [0.25, 0.3) is 0 Å². The summed E-state index contributed by atoms with van der Waals surface area (Å²) in [6.07, 6.45) is 0.840. The fraction of sp³-hybridized carbons (Fsp3) is 0.188. The molecule has 104 valence electrons. The Bertz CT molecular complexity index is 626. The Morgan fingerprint density at radius 3 is 2.75 bits per heavy atom. The molecule has 2 aromatic rings. The number of carbonyl (C=O) groups is 1. The summed E-state index contributed by atoms with van der Waals surface area (Å²) in [4.78, 5) is 12.2. The standard InChI is InChI=1S/C16H16FNO2/c1-20-16-8-6-12(17)10-14(16)15(19)7-5-11-3-2-4-13(18)9-11/h2-4,6,8-10H,5,7,18H2,1H3. The van der Waals surface area contributed by atoms with Crippen molar-refractivity contribution in [3.8, 4) is 5.75 Å². The van der Waals surface area contributed by atoms with Gasteiger partial charge in [-0.15, -0.1) is 0 Å². The van der Waals surface area contributed by atoms with E-state index in [4.69, 9.17) is 10.5 Å². The van der Waals surface area contributed by atoms with Gasteiger partial charge in [-0.25, -0.2) is 4.39 Å². The number of benzene rings is 2. The van der Waals surface area contributed by atoms with Gasteiger partial charge in [-0.05, 0) is 42.3 Å². The van der Waals surface area contributed by atoms with Gasteiger partial charge in [-0.2, -0.15) is 0 Å². The van der Waals surface area contributed by atoms with Crippen molar-refractivity contribution in [2.24, 2.45) is 0 Å². The second kappa shape index (κ2) is 6.19. The van der Waals surface area contributed by atoms with Gasteiger partial charge in [-0.3, -0.25) is 4.79 Å². The highest BCUT2D eigenvalue weighted by atomic mass is 19.1. The monoisotopic (exact) mass is 273 g/mol. The van der Waals surface area contributed by atoms with Gasteiger partial charge in [0.15, 0.2) is 5.78 Å². The third-order valence-corrected chi connectivity index (χ3v) is 3.05. The van der Waals surface area contributed by atoms with Crippen LogP contribution in [0.1, 0.15) is 22.3 Å². The number of aryl methyl sites for hydroxylation is 1. The van der Waals surface area contributed by atoms with Crippen molar-refractivity contribution >= 4 is 11.5 Å². The van der Waals surface area contributed by atoms with Gasteiger partial charge in [-0.1, -0.05) is 12.1 Å². The van der Waals surface area contributed by atoms with Crippen molar-refractivity contribution in [2.75, 3.05) is 12.8 Å². The highest BCUT2D eigenvalue weighted by molar-refractivity contribution is 5.98. The number of carbonyl (C=O) groups excluding carboxylic acids is 1. The van der Waals surface area contributed by atoms with Gasteiger partial charge >= 0.3 is 0 Å². The molecule has 0 bridgehead atoms. The molecule has 0 radical (unpaired) electrons. The van der Waals surface area contributed by atoms with Crippen LogP contribution in [0.4, 0.5) is 10.1 Å². The van der Waals surface area contributed by atoms with Gasteiger partial charge in [0, 0.05) is 12.1 Å². The van der Waals surface area contributed by atoms with Crippen LogP contribution in [0, 0.1) is 5.82 Å². The van der Waals surface area contributed by atoms with E-state index in [9.17, 15) is 9.18 Å². The zero-order valence-corrected chi connectivity index (χ0v) is 11.2. The van der Waals surface area contributed by atoms with Crippen LogP contribution in [-0.2, 0) is 6.42 Å². The Morgan fingerprint density at radius 1 is 1.25 bits per heavy atom. The summed E-state index contributed by atoms with van der Waals surface area (Å²) in [5.41, 5.74) is 7.61. The van der Waals surface area contributed by atoms with Crippen LogP contribution in [0.15, 0.2) is 42.5 Å². The highest BCUT2D eigenvalue weighted by Gasteiger charge is 2.13. The average molecular weight is 273 g/mol. The molecule has 0 spiro atoms. The predicted octanol–water partition coefficient (Wildman–Crippen LogP) is 3.23. The second-order valence-corrected chi connectivity index (χ2v) is 4.51. The lowest BCUT2D eigenvalue weighted by Crippen LogP contribution is -2.04. The van der Waals surface area contributed by atoms with Crippen molar-refractivity contribution in [2.45, 2.75) is 12.8 Å². The van der Waals surface area contributed by atoms with Crippen LogP contribution < -0.4 is 10.5 Å². The molecule has 20 heavy (non-hydrogen) atoms. The van der Waals surface area contributed by atoms with E-state index in [-0.39, 0.29) is 17.8 Å². The lowest BCUT2D eigenvalue weighted by molar-refractivity contribution is 0.0979. The minimum absolute atomic E-state index is 0.149. The van der Waals surface area contributed by atoms with E-state index in [1.54, 1.807) is 6.07 Å². The smallest absolute Gasteiger partial charge is 0.167 e. The maximum absolute atomic E-state index is 13.2. The number of nitrogens with two attached hydrogens (primary N) is 1. The van der Waals surface area contributed by atoms with E-state index in [1.807, 2.05) is 18.2 Å². The number of Topliss-reactive ketones (excluding diaryl/α,β-unsaturated/α-hetero) is 1. The molecule has 0 amide bonds. The number of anilines is 1. The number of hydrogen-bond donors (Lipinski definition) is 1. The van der Waals surface area contributed by atoms with Crippen LogP contribution in [0.5, 0.6) is 5.75 Å². The molecule has 0 unspecified atom stereocenters. The summed E-state index contributed by atoms with van der Waals surface area (Å²) in [7, 11) is 1.46. The molecule has 4 heteroatoms. The van der Waals surface area contributed by atoms with Gasteiger partial charge in [0.2, 0.25) is 0 Å². The Balaban J connectivity index is 2.10. The molecule has 0 fully saturated rings. The third kappa shape index (κ3) is 3.35. The molecule has 2 N–H and O–H groups in total. The molecule has 0 saturated heterocycles. The predicted molar refractivity (Wildman–Crippen MR) is 76.5 cm³/mol.